The predicted octanol–water partition coefficient (Wildman–Crippen LogP) is 6.51. The normalized spacial score (nSPS) is 14.8. The summed E-state index contributed by atoms with van der Waals surface area (Å²) in [5, 5.41) is 17.8. The Morgan fingerprint density at radius 2 is 1.07 bits per heavy atom. The van der Waals surface area contributed by atoms with E-state index in [9.17, 15) is 0 Å². The predicted molar refractivity (Wildman–Crippen MR) is 128 cm³/mol. The van der Waals surface area contributed by atoms with Gasteiger partial charge in [0.2, 0.25) is 0 Å². The van der Waals surface area contributed by atoms with E-state index in [4.69, 9.17) is 19.7 Å². The van der Waals surface area contributed by atoms with Crippen LogP contribution < -0.4 is 0 Å². The lowest BCUT2D eigenvalue weighted by molar-refractivity contribution is -0.0333. The van der Waals surface area contributed by atoms with Crippen LogP contribution in [0.1, 0.15) is 119 Å². The van der Waals surface area contributed by atoms with Gasteiger partial charge < -0.3 is 19.7 Å². The first kappa shape index (κ1) is 29.8. The standard InChI is InChI=1S/C26H54O4/c1-23(15-20-28)13-11-18-26(5,6)30-22-16-24(2)14-12-17-25(3,4)29-21-10-8-7-9-19-27/h23-24,27-28H,7-22H2,1-6H3. The summed E-state index contributed by atoms with van der Waals surface area (Å²) in [4.78, 5) is 0. The molecular formula is C26H54O4. The third kappa shape index (κ3) is 18.6. The van der Waals surface area contributed by atoms with E-state index in [0.717, 1.165) is 64.6 Å². The van der Waals surface area contributed by atoms with Crippen molar-refractivity contribution in [2.45, 2.75) is 130 Å². The van der Waals surface area contributed by atoms with E-state index < -0.39 is 0 Å². The summed E-state index contributed by atoms with van der Waals surface area (Å²) < 4.78 is 12.3. The number of hydrogen-bond donors (Lipinski definition) is 2. The minimum absolute atomic E-state index is 0.0393. The molecule has 0 heterocycles. The maximum atomic E-state index is 9.01. The fraction of sp³-hybridized carbons (Fsp3) is 1.00. The lowest BCUT2D eigenvalue weighted by Crippen LogP contribution is -2.26. The fourth-order valence-electron chi connectivity index (χ4n) is 3.86. The summed E-state index contributed by atoms with van der Waals surface area (Å²) in [5.74, 6) is 1.28. The van der Waals surface area contributed by atoms with E-state index >= 15 is 0 Å². The number of unbranched alkanes of at least 4 members (excludes halogenated alkanes) is 3. The van der Waals surface area contributed by atoms with Gasteiger partial charge in [0.25, 0.3) is 0 Å². The Balaban J connectivity index is 3.81. The van der Waals surface area contributed by atoms with Crippen LogP contribution in [0.2, 0.25) is 0 Å². The van der Waals surface area contributed by atoms with Gasteiger partial charge in [0.1, 0.15) is 0 Å². The molecule has 0 aliphatic carbocycles. The first-order chi connectivity index (χ1) is 14.1. The van der Waals surface area contributed by atoms with E-state index in [0.29, 0.717) is 25.0 Å². The van der Waals surface area contributed by atoms with Gasteiger partial charge in [-0.25, -0.2) is 0 Å². The summed E-state index contributed by atoms with van der Waals surface area (Å²) in [6, 6.07) is 0. The summed E-state index contributed by atoms with van der Waals surface area (Å²) in [6.07, 6.45) is 13.2. The van der Waals surface area contributed by atoms with E-state index in [2.05, 4.69) is 41.5 Å². The third-order valence-corrected chi connectivity index (χ3v) is 6.22. The second-order valence-electron chi connectivity index (χ2n) is 10.6. The Kier molecular flexibility index (Phi) is 17.3. The molecule has 0 fully saturated rings. The third-order valence-electron chi connectivity index (χ3n) is 6.22. The smallest absolute Gasteiger partial charge is 0.0626 e. The lowest BCUT2D eigenvalue weighted by Gasteiger charge is -2.27. The Morgan fingerprint density at radius 3 is 1.60 bits per heavy atom. The molecule has 0 radical (unpaired) electrons. The van der Waals surface area contributed by atoms with E-state index in [1.807, 2.05) is 0 Å². The van der Waals surface area contributed by atoms with Crippen molar-refractivity contribution in [1.82, 2.24) is 0 Å². The Labute approximate surface area is 188 Å². The van der Waals surface area contributed by atoms with Gasteiger partial charge >= 0.3 is 0 Å². The van der Waals surface area contributed by atoms with Gasteiger partial charge in [0, 0.05) is 26.4 Å². The largest absolute Gasteiger partial charge is 0.396 e. The number of aliphatic hydroxyl groups is 2. The molecule has 0 spiro atoms. The highest BCUT2D eigenvalue weighted by atomic mass is 16.5. The molecule has 2 unspecified atom stereocenters. The van der Waals surface area contributed by atoms with Crippen LogP contribution in [0.5, 0.6) is 0 Å². The van der Waals surface area contributed by atoms with Crippen LogP contribution in [0.4, 0.5) is 0 Å². The average molecular weight is 431 g/mol. The van der Waals surface area contributed by atoms with Crippen molar-refractivity contribution in [1.29, 1.82) is 0 Å². The van der Waals surface area contributed by atoms with Crippen molar-refractivity contribution < 1.29 is 19.7 Å². The summed E-state index contributed by atoms with van der Waals surface area (Å²) >= 11 is 0. The van der Waals surface area contributed by atoms with Crippen LogP contribution in [0.15, 0.2) is 0 Å². The first-order valence-electron chi connectivity index (χ1n) is 12.6. The van der Waals surface area contributed by atoms with Crippen LogP contribution in [-0.2, 0) is 9.47 Å². The molecule has 182 valence electrons. The minimum atomic E-state index is -0.0499. The van der Waals surface area contributed by atoms with Crippen molar-refractivity contribution in [2.75, 3.05) is 26.4 Å². The van der Waals surface area contributed by atoms with E-state index in [-0.39, 0.29) is 11.2 Å². The van der Waals surface area contributed by atoms with Crippen molar-refractivity contribution in [3.63, 3.8) is 0 Å². The first-order valence-corrected chi connectivity index (χ1v) is 12.6. The molecule has 0 aromatic carbocycles. The topological polar surface area (TPSA) is 58.9 Å². The Bertz CT molecular complexity index is 381. The van der Waals surface area contributed by atoms with Crippen molar-refractivity contribution in [2.24, 2.45) is 11.8 Å². The van der Waals surface area contributed by atoms with E-state index in [1.165, 1.54) is 25.7 Å². The highest BCUT2D eigenvalue weighted by Crippen LogP contribution is 2.24. The van der Waals surface area contributed by atoms with Crippen LogP contribution >= 0.6 is 0 Å². The summed E-state index contributed by atoms with van der Waals surface area (Å²) in [6.45, 7) is 15.7. The summed E-state index contributed by atoms with van der Waals surface area (Å²) in [5.41, 5.74) is -0.0893. The molecule has 30 heavy (non-hydrogen) atoms. The molecule has 0 amide bonds. The van der Waals surface area contributed by atoms with Gasteiger partial charge in [0.05, 0.1) is 11.2 Å². The van der Waals surface area contributed by atoms with Crippen molar-refractivity contribution in [3.8, 4) is 0 Å². The molecule has 4 heteroatoms. The van der Waals surface area contributed by atoms with Crippen LogP contribution in [-0.4, -0.2) is 47.8 Å². The number of hydrogen-bond acceptors (Lipinski definition) is 4. The second-order valence-corrected chi connectivity index (χ2v) is 10.6. The molecule has 0 saturated heterocycles. The average Bonchev–Trinajstić information content (AvgIpc) is 2.64. The van der Waals surface area contributed by atoms with Crippen LogP contribution in [0, 0.1) is 11.8 Å². The zero-order valence-electron chi connectivity index (χ0n) is 21.2. The van der Waals surface area contributed by atoms with E-state index in [1.54, 1.807) is 0 Å². The fourth-order valence-corrected chi connectivity index (χ4v) is 3.86. The number of aliphatic hydroxyl groups excluding tert-OH is 2. The van der Waals surface area contributed by atoms with Crippen LogP contribution in [0.25, 0.3) is 0 Å². The summed E-state index contributed by atoms with van der Waals surface area (Å²) in [7, 11) is 0. The Hall–Kier alpha value is -0.160. The Morgan fingerprint density at radius 1 is 0.567 bits per heavy atom. The second kappa shape index (κ2) is 17.4. The lowest BCUT2D eigenvalue weighted by atomic mass is 9.94. The minimum Gasteiger partial charge on any atom is -0.396 e. The van der Waals surface area contributed by atoms with Crippen molar-refractivity contribution >= 4 is 0 Å². The molecule has 0 aliphatic heterocycles. The van der Waals surface area contributed by atoms with Crippen molar-refractivity contribution in [3.05, 3.63) is 0 Å². The van der Waals surface area contributed by atoms with Gasteiger partial charge in [-0.05, 0) is 78.1 Å². The zero-order valence-corrected chi connectivity index (χ0v) is 21.2. The maximum Gasteiger partial charge on any atom is 0.0626 e. The highest BCUT2D eigenvalue weighted by Gasteiger charge is 2.20. The number of rotatable bonds is 21. The molecule has 0 saturated carbocycles. The van der Waals surface area contributed by atoms with Gasteiger partial charge in [-0.3, -0.25) is 0 Å². The molecule has 0 aliphatic rings. The quantitative estimate of drug-likeness (QED) is 0.204. The van der Waals surface area contributed by atoms with Gasteiger partial charge in [-0.2, -0.15) is 0 Å². The molecule has 2 N–H and O–H groups in total. The van der Waals surface area contributed by atoms with Gasteiger partial charge in [-0.15, -0.1) is 0 Å². The van der Waals surface area contributed by atoms with Gasteiger partial charge in [-0.1, -0.05) is 52.4 Å². The molecule has 4 nitrogen and oxygen atoms in total. The molecule has 0 bridgehead atoms. The monoisotopic (exact) mass is 430 g/mol. The maximum absolute atomic E-state index is 9.01. The van der Waals surface area contributed by atoms with Gasteiger partial charge in [0.15, 0.2) is 0 Å². The SMILES string of the molecule is CC(CCO)CCCC(C)(C)OCCC(C)CCCC(C)(C)OCCCCCCO. The highest BCUT2D eigenvalue weighted by molar-refractivity contribution is 4.71. The molecule has 0 aromatic heterocycles. The molecular weight excluding hydrogens is 376 g/mol. The molecule has 0 aromatic rings. The molecule has 2 atom stereocenters. The zero-order chi connectivity index (χ0) is 22.9. The number of ether oxygens (including phenoxy) is 2. The van der Waals surface area contributed by atoms with Crippen LogP contribution in [0.3, 0.4) is 0 Å². The molecule has 0 rings (SSSR count).